The lowest BCUT2D eigenvalue weighted by atomic mass is 10.0. The van der Waals surface area contributed by atoms with Crippen LogP contribution in [0.3, 0.4) is 0 Å². The number of fused-ring (bicyclic) bond motifs is 1. The number of hydrogen-bond acceptors (Lipinski definition) is 1. The van der Waals surface area contributed by atoms with Crippen molar-refractivity contribution in [3.05, 3.63) is 82.3 Å². The predicted octanol–water partition coefficient (Wildman–Crippen LogP) is 4.89. The van der Waals surface area contributed by atoms with Crippen molar-refractivity contribution >= 4 is 26.7 Å². The van der Waals surface area contributed by atoms with Crippen molar-refractivity contribution in [1.29, 1.82) is 0 Å². The third-order valence-electron chi connectivity index (χ3n) is 3.41. The van der Waals surface area contributed by atoms with Crippen LogP contribution in [-0.2, 0) is 13.1 Å². The van der Waals surface area contributed by atoms with Crippen LogP contribution in [0.4, 0.5) is 0 Å². The Balaban J connectivity index is 1.71. The first-order valence-electron chi connectivity index (χ1n) is 6.75. The van der Waals surface area contributed by atoms with Gasteiger partial charge in [-0.1, -0.05) is 70.5 Å². The quantitative estimate of drug-likeness (QED) is 0.720. The summed E-state index contributed by atoms with van der Waals surface area (Å²) in [5.74, 6) is 0. The van der Waals surface area contributed by atoms with Gasteiger partial charge < -0.3 is 5.32 Å². The van der Waals surface area contributed by atoms with E-state index in [-0.39, 0.29) is 0 Å². The van der Waals surface area contributed by atoms with E-state index in [0.29, 0.717) is 0 Å². The van der Waals surface area contributed by atoms with Gasteiger partial charge in [-0.05, 0) is 34.0 Å². The van der Waals surface area contributed by atoms with E-state index in [9.17, 15) is 0 Å². The molecule has 0 aliphatic carbocycles. The van der Waals surface area contributed by atoms with E-state index < -0.39 is 0 Å². The number of halogens is 1. The molecule has 0 aliphatic heterocycles. The smallest absolute Gasteiger partial charge is 0.0214 e. The third kappa shape index (κ3) is 3.09. The summed E-state index contributed by atoms with van der Waals surface area (Å²) >= 11 is 3.50. The molecule has 0 atom stereocenters. The first-order valence-corrected chi connectivity index (χ1v) is 7.54. The molecule has 0 aliphatic rings. The van der Waals surface area contributed by atoms with Crippen LogP contribution in [0, 0.1) is 0 Å². The topological polar surface area (TPSA) is 12.0 Å². The molecule has 1 nitrogen and oxygen atoms in total. The molecule has 0 aromatic heterocycles. The molecule has 0 radical (unpaired) electrons. The van der Waals surface area contributed by atoms with Gasteiger partial charge in [-0.25, -0.2) is 0 Å². The maximum atomic E-state index is 3.52. The molecule has 0 heterocycles. The summed E-state index contributed by atoms with van der Waals surface area (Å²) in [7, 11) is 0. The summed E-state index contributed by atoms with van der Waals surface area (Å²) in [6.07, 6.45) is 0. The molecular weight excluding hydrogens is 310 g/mol. The average molecular weight is 326 g/mol. The Hall–Kier alpha value is -1.64. The van der Waals surface area contributed by atoms with E-state index in [2.05, 4.69) is 81.9 Å². The Morgan fingerprint density at radius 1 is 0.800 bits per heavy atom. The van der Waals surface area contributed by atoms with Crippen LogP contribution >= 0.6 is 15.9 Å². The predicted molar refractivity (Wildman–Crippen MR) is 88.6 cm³/mol. The lowest BCUT2D eigenvalue weighted by molar-refractivity contribution is 0.696. The zero-order chi connectivity index (χ0) is 13.8. The summed E-state index contributed by atoms with van der Waals surface area (Å²) in [5, 5.41) is 6.15. The fourth-order valence-electron chi connectivity index (χ4n) is 2.44. The van der Waals surface area contributed by atoms with Gasteiger partial charge >= 0.3 is 0 Å². The van der Waals surface area contributed by atoms with Gasteiger partial charge in [-0.15, -0.1) is 0 Å². The molecule has 0 amide bonds. The maximum Gasteiger partial charge on any atom is 0.0214 e. The molecular formula is C18H16BrN. The summed E-state index contributed by atoms with van der Waals surface area (Å²) in [4.78, 5) is 0. The van der Waals surface area contributed by atoms with Crippen LogP contribution in [0.5, 0.6) is 0 Å². The van der Waals surface area contributed by atoms with E-state index >= 15 is 0 Å². The Morgan fingerprint density at radius 3 is 2.50 bits per heavy atom. The second-order valence-corrected chi connectivity index (χ2v) is 5.79. The first kappa shape index (κ1) is 13.3. The van der Waals surface area contributed by atoms with Gasteiger partial charge in [0.15, 0.2) is 0 Å². The Bertz CT molecular complexity index is 716. The molecule has 2 heteroatoms. The molecule has 0 bridgehead atoms. The highest BCUT2D eigenvalue weighted by molar-refractivity contribution is 9.10. The second kappa shape index (κ2) is 6.21. The number of rotatable bonds is 4. The molecule has 0 spiro atoms. The molecule has 20 heavy (non-hydrogen) atoms. The molecule has 3 rings (SSSR count). The lowest BCUT2D eigenvalue weighted by Gasteiger charge is -2.08. The van der Waals surface area contributed by atoms with Crippen molar-refractivity contribution in [2.75, 3.05) is 0 Å². The van der Waals surface area contributed by atoms with E-state index in [1.807, 2.05) is 6.07 Å². The largest absolute Gasteiger partial charge is 0.309 e. The molecule has 0 saturated carbocycles. The van der Waals surface area contributed by atoms with Crippen molar-refractivity contribution < 1.29 is 0 Å². The minimum absolute atomic E-state index is 0.878. The Kier molecular flexibility index (Phi) is 4.14. The molecule has 3 aromatic rings. The molecule has 0 fully saturated rings. The fraction of sp³-hybridized carbons (Fsp3) is 0.111. The molecule has 100 valence electrons. The van der Waals surface area contributed by atoms with E-state index in [4.69, 9.17) is 0 Å². The minimum atomic E-state index is 0.878. The maximum absolute atomic E-state index is 3.52. The first-order chi connectivity index (χ1) is 9.83. The number of nitrogens with one attached hydrogen (secondary N) is 1. The SMILES string of the molecule is Brc1cccc(CNCc2cccc3ccccc23)c1. The molecule has 3 aromatic carbocycles. The van der Waals surface area contributed by atoms with Crippen LogP contribution in [-0.4, -0.2) is 0 Å². The van der Waals surface area contributed by atoms with E-state index in [1.165, 1.54) is 21.9 Å². The van der Waals surface area contributed by atoms with Crippen molar-refractivity contribution in [3.8, 4) is 0 Å². The van der Waals surface area contributed by atoms with Crippen LogP contribution in [0.15, 0.2) is 71.2 Å². The van der Waals surface area contributed by atoms with Gasteiger partial charge in [0.1, 0.15) is 0 Å². The van der Waals surface area contributed by atoms with Gasteiger partial charge in [0, 0.05) is 17.6 Å². The van der Waals surface area contributed by atoms with Crippen LogP contribution < -0.4 is 5.32 Å². The number of benzene rings is 3. The lowest BCUT2D eigenvalue weighted by Crippen LogP contribution is -2.12. The minimum Gasteiger partial charge on any atom is -0.309 e. The zero-order valence-corrected chi connectivity index (χ0v) is 12.7. The van der Waals surface area contributed by atoms with Gasteiger partial charge in [-0.3, -0.25) is 0 Å². The summed E-state index contributed by atoms with van der Waals surface area (Å²) in [5.41, 5.74) is 2.64. The van der Waals surface area contributed by atoms with Crippen molar-refractivity contribution in [2.24, 2.45) is 0 Å². The highest BCUT2D eigenvalue weighted by Crippen LogP contribution is 2.18. The molecule has 0 unspecified atom stereocenters. The average Bonchev–Trinajstić information content (AvgIpc) is 2.48. The van der Waals surface area contributed by atoms with Crippen LogP contribution in [0.2, 0.25) is 0 Å². The highest BCUT2D eigenvalue weighted by atomic mass is 79.9. The normalized spacial score (nSPS) is 10.8. The standard InChI is InChI=1S/C18H16BrN/c19-17-9-3-5-14(11-17)12-20-13-16-8-4-7-15-6-1-2-10-18(15)16/h1-11,20H,12-13H2. The van der Waals surface area contributed by atoms with Crippen molar-refractivity contribution in [1.82, 2.24) is 5.32 Å². The Labute approximate surface area is 127 Å². The highest BCUT2D eigenvalue weighted by Gasteiger charge is 2.00. The summed E-state index contributed by atoms with van der Waals surface area (Å²) < 4.78 is 1.13. The van der Waals surface area contributed by atoms with E-state index in [0.717, 1.165) is 17.6 Å². The fourth-order valence-corrected chi connectivity index (χ4v) is 2.88. The van der Waals surface area contributed by atoms with Crippen LogP contribution in [0.25, 0.3) is 10.8 Å². The molecule has 0 saturated heterocycles. The second-order valence-electron chi connectivity index (χ2n) is 4.87. The van der Waals surface area contributed by atoms with Crippen molar-refractivity contribution in [3.63, 3.8) is 0 Å². The van der Waals surface area contributed by atoms with Gasteiger partial charge in [0.2, 0.25) is 0 Å². The van der Waals surface area contributed by atoms with Crippen molar-refractivity contribution in [2.45, 2.75) is 13.1 Å². The summed E-state index contributed by atoms with van der Waals surface area (Å²) in [6.45, 7) is 1.76. The van der Waals surface area contributed by atoms with Gasteiger partial charge in [-0.2, -0.15) is 0 Å². The number of hydrogen-bond donors (Lipinski definition) is 1. The summed E-state index contributed by atoms with van der Waals surface area (Å²) in [6, 6.07) is 23.4. The van der Waals surface area contributed by atoms with E-state index in [1.54, 1.807) is 0 Å². The monoisotopic (exact) mass is 325 g/mol. The van der Waals surface area contributed by atoms with Gasteiger partial charge in [0.05, 0.1) is 0 Å². The zero-order valence-electron chi connectivity index (χ0n) is 11.1. The Morgan fingerprint density at radius 2 is 1.60 bits per heavy atom. The molecule has 1 N–H and O–H groups in total. The van der Waals surface area contributed by atoms with Gasteiger partial charge in [0.25, 0.3) is 0 Å². The third-order valence-corrected chi connectivity index (χ3v) is 3.91. The van der Waals surface area contributed by atoms with Crippen LogP contribution in [0.1, 0.15) is 11.1 Å².